The van der Waals surface area contributed by atoms with Crippen LogP contribution in [0.1, 0.15) is 36.3 Å². The number of alkyl carbamates (subject to hydrolysis) is 2. The van der Waals surface area contributed by atoms with E-state index in [1.54, 1.807) is 25.6 Å². The molecule has 0 saturated heterocycles. The zero-order valence-corrected chi connectivity index (χ0v) is 21.3. The minimum atomic E-state index is -0.964. The molecular formula is C27H33N3O5S. The Balaban J connectivity index is 1.70. The molecular weight excluding hydrogens is 478 g/mol. The number of carbonyl (C=O) groups is 2. The number of hydrogen-bond acceptors (Lipinski definition) is 7. The quantitative estimate of drug-likeness (QED) is 0.331. The molecule has 36 heavy (non-hydrogen) atoms. The van der Waals surface area contributed by atoms with Crippen LogP contribution in [0.4, 0.5) is 9.59 Å². The number of thiazole rings is 1. The van der Waals surface area contributed by atoms with E-state index in [0.29, 0.717) is 12.8 Å². The highest BCUT2D eigenvalue weighted by atomic mass is 32.1. The van der Waals surface area contributed by atoms with Crippen LogP contribution in [0.3, 0.4) is 0 Å². The van der Waals surface area contributed by atoms with Crippen molar-refractivity contribution < 1.29 is 24.2 Å². The summed E-state index contributed by atoms with van der Waals surface area (Å²) in [6.45, 7) is 3.65. The molecule has 0 aliphatic rings. The molecule has 1 heterocycles. The van der Waals surface area contributed by atoms with E-state index in [1.807, 2.05) is 60.7 Å². The lowest BCUT2D eigenvalue weighted by atomic mass is 9.94. The molecule has 0 radical (unpaired) electrons. The molecule has 1 aromatic heterocycles. The molecule has 3 atom stereocenters. The number of aromatic nitrogens is 1. The van der Waals surface area contributed by atoms with Gasteiger partial charge in [-0.15, -0.1) is 11.3 Å². The fourth-order valence-electron chi connectivity index (χ4n) is 3.76. The summed E-state index contributed by atoms with van der Waals surface area (Å²) in [5.41, 5.74) is 3.63. The number of nitrogens with one attached hydrogen (secondary N) is 2. The number of aliphatic hydroxyl groups excluding tert-OH is 1. The highest BCUT2D eigenvalue weighted by Crippen LogP contribution is 2.15. The van der Waals surface area contributed by atoms with E-state index in [9.17, 15) is 14.7 Å². The van der Waals surface area contributed by atoms with Crippen molar-refractivity contribution in [3.8, 4) is 0 Å². The highest BCUT2D eigenvalue weighted by Gasteiger charge is 2.27. The zero-order valence-electron chi connectivity index (χ0n) is 20.5. The van der Waals surface area contributed by atoms with Gasteiger partial charge in [-0.25, -0.2) is 9.59 Å². The lowest BCUT2D eigenvalue weighted by molar-refractivity contribution is 0.0831. The number of aliphatic hydroxyl groups is 1. The Kier molecular flexibility index (Phi) is 10.7. The summed E-state index contributed by atoms with van der Waals surface area (Å²) in [4.78, 5) is 29.7. The molecule has 3 N–H and O–H groups in total. The Morgan fingerprint density at radius 1 is 0.944 bits per heavy atom. The topological polar surface area (TPSA) is 110 Å². The average molecular weight is 512 g/mol. The normalized spacial score (nSPS) is 13.4. The first-order valence-electron chi connectivity index (χ1n) is 11.9. The van der Waals surface area contributed by atoms with Crippen molar-refractivity contribution in [2.75, 3.05) is 0 Å². The van der Waals surface area contributed by atoms with Crippen LogP contribution in [0, 0.1) is 0 Å². The summed E-state index contributed by atoms with van der Waals surface area (Å²) < 4.78 is 10.6. The first-order chi connectivity index (χ1) is 17.4. The second kappa shape index (κ2) is 14.2. The number of hydrogen-bond donors (Lipinski definition) is 3. The molecule has 0 aliphatic heterocycles. The molecule has 192 valence electrons. The van der Waals surface area contributed by atoms with Crippen LogP contribution in [0.2, 0.25) is 0 Å². The maximum Gasteiger partial charge on any atom is 0.407 e. The second-order valence-electron chi connectivity index (χ2n) is 8.77. The predicted molar refractivity (Wildman–Crippen MR) is 139 cm³/mol. The fraction of sp³-hybridized carbons (Fsp3) is 0.370. The lowest BCUT2D eigenvalue weighted by Crippen LogP contribution is -2.49. The predicted octanol–water partition coefficient (Wildman–Crippen LogP) is 4.48. The number of amides is 2. The van der Waals surface area contributed by atoms with Crippen LogP contribution in [-0.2, 0) is 28.9 Å². The smallest absolute Gasteiger partial charge is 0.407 e. The van der Waals surface area contributed by atoms with Gasteiger partial charge in [-0.05, 0) is 44.2 Å². The monoisotopic (exact) mass is 511 g/mol. The molecule has 3 aromatic rings. The van der Waals surface area contributed by atoms with Gasteiger partial charge in [0.2, 0.25) is 0 Å². The van der Waals surface area contributed by atoms with Crippen LogP contribution >= 0.6 is 11.3 Å². The molecule has 2 amide bonds. The van der Waals surface area contributed by atoms with Crippen molar-refractivity contribution in [2.45, 2.75) is 64.0 Å². The standard InChI is InChI=1S/C27H33N3O5S/c1-19(2)35-27(33)29-22(13-20-9-5-3-6-10-20)15-25(31)24(14-21-11-7-4-8-12-21)30-26(32)34-17-23-16-28-18-36-23/h3-12,16,18-19,22,24-25,31H,13-15,17H2,1-2H3,(H,29,33)(H,30,32). The third-order valence-corrected chi connectivity index (χ3v) is 6.16. The Morgan fingerprint density at radius 2 is 1.58 bits per heavy atom. The molecule has 3 rings (SSSR count). The molecule has 0 fully saturated rings. The molecule has 9 heteroatoms. The van der Waals surface area contributed by atoms with Gasteiger partial charge in [0.1, 0.15) is 6.61 Å². The first-order valence-corrected chi connectivity index (χ1v) is 12.8. The number of ether oxygens (including phenoxy) is 2. The van der Waals surface area contributed by atoms with Gasteiger partial charge >= 0.3 is 12.2 Å². The molecule has 0 spiro atoms. The maximum atomic E-state index is 12.6. The Bertz CT molecular complexity index is 1050. The van der Waals surface area contributed by atoms with Crippen molar-refractivity contribution in [1.82, 2.24) is 15.6 Å². The molecule has 3 unspecified atom stereocenters. The second-order valence-corrected chi connectivity index (χ2v) is 9.74. The van der Waals surface area contributed by atoms with Gasteiger partial charge in [0, 0.05) is 12.2 Å². The van der Waals surface area contributed by atoms with E-state index in [0.717, 1.165) is 16.0 Å². The van der Waals surface area contributed by atoms with E-state index in [4.69, 9.17) is 9.47 Å². The van der Waals surface area contributed by atoms with Crippen molar-refractivity contribution in [3.05, 3.63) is 88.4 Å². The zero-order chi connectivity index (χ0) is 25.8. The van der Waals surface area contributed by atoms with Crippen LogP contribution in [-0.4, -0.2) is 46.6 Å². The Hall–Kier alpha value is -3.43. The highest BCUT2D eigenvalue weighted by molar-refractivity contribution is 7.09. The molecule has 8 nitrogen and oxygen atoms in total. The van der Waals surface area contributed by atoms with Crippen LogP contribution < -0.4 is 10.6 Å². The summed E-state index contributed by atoms with van der Waals surface area (Å²) in [7, 11) is 0. The summed E-state index contributed by atoms with van der Waals surface area (Å²) >= 11 is 1.39. The summed E-state index contributed by atoms with van der Waals surface area (Å²) in [5, 5.41) is 16.9. The first kappa shape index (κ1) is 27.2. The van der Waals surface area contributed by atoms with Gasteiger partial charge in [-0.3, -0.25) is 4.98 Å². The largest absolute Gasteiger partial charge is 0.447 e. The Morgan fingerprint density at radius 3 is 2.17 bits per heavy atom. The van der Waals surface area contributed by atoms with Crippen molar-refractivity contribution in [2.24, 2.45) is 0 Å². The van der Waals surface area contributed by atoms with E-state index < -0.39 is 30.4 Å². The summed E-state index contributed by atoms with van der Waals surface area (Å²) in [5.74, 6) is 0. The average Bonchev–Trinajstić information content (AvgIpc) is 3.37. The lowest BCUT2D eigenvalue weighted by Gasteiger charge is -2.28. The van der Waals surface area contributed by atoms with Gasteiger partial charge in [0.05, 0.1) is 28.6 Å². The van der Waals surface area contributed by atoms with Crippen molar-refractivity contribution >= 4 is 23.5 Å². The molecule has 0 bridgehead atoms. The minimum absolute atomic E-state index is 0.101. The SMILES string of the molecule is CC(C)OC(=O)NC(Cc1ccccc1)CC(O)C(Cc1ccccc1)NC(=O)OCc1cncs1. The van der Waals surface area contributed by atoms with Crippen molar-refractivity contribution in [3.63, 3.8) is 0 Å². The van der Waals surface area contributed by atoms with Crippen LogP contribution in [0.15, 0.2) is 72.4 Å². The van der Waals surface area contributed by atoms with Gasteiger partial charge in [-0.1, -0.05) is 60.7 Å². The third-order valence-electron chi connectivity index (χ3n) is 5.41. The van der Waals surface area contributed by atoms with Crippen LogP contribution in [0.5, 0.6) is 0 Å². The summed E-state index contributed by atoms with van der Waals surface area (Å²) in [6.07, 6.45) is 0.330. The van der Waals surface area contributed by atoms with Crippen LogP contribution in [0.25, 0.3) is 0 Å². The number of nitrogens with zero attached hydrogens (tertiary/aromatic N) is 1. The van der Waals surface area contributed by atoms with Gasteiger partial charge in [-0.2, -0.15) is 0 Å². The number of carbonyl (C=O) groups excluding carboxylic acids is 2. The molecule has 2 aromatic carbocycles. The molecule has 0 saturated carbocycles. The van der Waals surface area contributed by atoms with Gasteiger partial charge in [0.25, 0.3) is 0 Å². The van der Waals surface area contributed by atoms with Gasteiger partial charge < -0.3 is 25.2 Å². The van der Waals surface area contributed by atoms with E-state index >= 15 is 0 Å². The maximum absolute atomic E-state index is 12.6. The number of benzene rings is 2. The minimum Gasteiger partial charge on any atom is -0.447 e. The van der Waals surface area contributed by atoms with E-state index in [1.165, 1.54) is 11.3 Å². The molecule has 0 aliphatic carbocycles. The Labute approximate surface area is 215 Å². The number of rotatable bonds is 12. The van der Waals surface area contributed by atoms with E-state index in [-0.39, 0.29) is 19.1 Å². The van der Waals surface area contributed by atoms with E-state index in [2.05, 4.69) is 15.6 Å². The summed E-state index contributed by atoms with van der Waals surface area (Å²) in [6, 6.07) is 18.2. The van der Waals surface area contributed by atoms with Crippen molar-refractivity contribution in [1.29, 1.82) is 0 Å². The third kappa shape index (κ3) is 9.67. The van der Waals surface area contributed by atoms with Gasteiger partial charge in [0.15, 0.2) is 0 Å². The fourth-order valence-corrected chi connectivity index (χ4v) is 4.26.